The summed E-state index contributed by atoms with van der Waals surface area (Å²) in [4.78, 5) is 17.2. The molecule has 1 amide bonds. The van der Waals surface area contributed by atoms with Crippen molar-refractivity contribution in [2.24, 2.45) is 0 Å². The van der Waals surface area contributed by atoms with Gasteiger partial charge in [0, 0.05) is 22.2 Å². The average molecular weight is 461 g/mol. The van der Waals surface area contributed by atoms with E-state index in [2.05, 4.69) is 15.4 Å². The predicted molar refractivity (Wildman–Crippen MR) is 120 cm³/mol. The normalized spacial score (nSPS) is 17.6. The molecular formula is C21H24N4O4S2. The number of nitrogens with zero attached hydrogens (tertiary/aromatic N) is 3. The summed E-state index contributed by atoms with van der Waals surface area (Å²) < 4.78 is 30.6. The first-order chi connectivity index (χ1) is 14.8. The molecule has 31 heavy (non-hydrogen) atoms. The lowest BCUT2D eigenvalue weighted by atomic mass is 10.1. The first-order valence-electron chi connectivity index (χ1n) is 9.90. The van der Waals surface area contributed by atoms with Crippen LogP contribution >= 0.6 is 11.3 Å². The monoisotopic (exact) mass is 460 g/mol. The molecule has 0 aliphatic carbocycles. The highest BCUT2D eigenvalue weighted by Crippen LogP contribution is 2.28. The number of amides is 1. The molecule has 1 aliphatic rings. The largest absolute Gasteiger partial charge is 0.497 e. The van der Waals surface area contributed by atoms with E-state index in [1.807, 2.05) is 43.5 Å². The second kappa shape index (κ2) is 8.43. The molecule has 3 aromatic rings. The number of benzene rings is 1. The molecule has 0 saturated carbocycles. The van der Waals surface area contributed by atoms with Crippen LogP contribution in [0.5, 0.6) is 5.75 Å². The van der Waals surface area contributed by atoms with Gasteiger partial charge < -0.3 is 10.1 Å². The maximum atomic E-state index is 12.7. The molecular weight excluding hydrogens is 436 g/mol. The Hall–Kier alpha value is -2.72. The number of rotatable bonds is 6. The molecule has 8 nitrogen and oxygen atoms in total. The summed E-state index contributed by atoms with van der Waals surface area (Å²) >= 11 is 1.37. The molecule has 2 aromatic heterocycles. The van der Waals surface area contributed by atoms with Crippen molar-refractivity contribution in [3.8, 4) is 17.0 Å². The zero-order chi connectivity index (χ0) is 22.2. The molecule has 3 heterocycles. The average Bonchev–Trinajstić information content (AvgIpc) is 3.42. The Labute approximate surface area is 185 Å². The van der Waals surface area contributed by atoms with Gasteiger partial charge in [0.1, 0.15) is 5.75 Å². The van der Waals surface area contributed by atoms with Gasteiger partial charge in [0.15, 0.2) is 15.0 Å². The number of ether oxygens (including phenoxy) is 1. The topological polar surface area (TPSA) is 103 Å². The first-order valence-corrected chi connectivity index (χ1v) is 12.6. The summed E-state index contributed by atoms with van der Waals surface area (Å²) in [5.41, 5.74) is 4.14. The number of nitrogens with one attached hydrogen (secondary N) is 1. The zero-order valence-corrected chi connectivity index (χ0v) is 19.2. The highest BCUT2D eigenvalue weighted by Gasteiger charge is 2.31. The third-order valence-corrected chi connectivity index (χ3v) is 8.01. The van der Waals surface area contributed by atoms with E-state index in [1.165, 1.54) is 11.3 Å². The van der Waals surface area contributed by atoms with Crippen LogP contribution in [-0.4, -0.2) is 47.7 Å². The summed E-state index contributed by atoms with van der Waals surface area (Å²) in [6.07, 6.45) is 0.720. The van der Waals surface area contributed by atoms with Crippen LogP contribution in [-0.2, 0) is 21.1 Å². The summed E-state index contributed by atoms with van der Waals surface area (Å²) in [7, 11) is -1.39. The van der Waals surface area contributed by atoms with Gasteiger partial charge in [-0.05, 0) is 44.5 Å². The Bertz CT molecular complexity index is 1210. The minimum Gasteiger partial charge on any atom is -0.497 e. The highest BCUT2D eigenvalue weighted by molar-refractivity contribution is 7.91. The molecule has 164 valence electrons. The van der Waals surface area contributed by atoms with Crippen molar-refractivity contribution in [1.29, 1.82) is 0 Å². The fourth-order valence-electron chi connectivity index (χ4n) is 3.83. The lowest BCUT2D eigenvalue weighted by Crippen LogP contribution is -2.16. The van der Waals surface area contributed by atoms with E-state index in [0.717, 1.165) is 34.0 Å². The number of thiazole rings is 1. The van der Waals surface area contributed by atoms with Gasteiger partial charge in [-0.25, -0.2) is 13.4 Å². The summed E-state index contributed by atoms with van der Waals surface area (Å²) in [5.74, 6) is 0.884. The molecule has 1 atom stereocenters. The number of methoxy groups -OCH3 is 1. The Morgan fingerprint density at radius 2 is 2.03 bits per heavy atom. The number of hydrogen-bond acceptors (Lipinski definition) is 7. The van der Waals surface area contributed by atoms with E-state index in [0.29, 0.717) is 11.6 Å². The molecule has 4 rings (SSSR count). The van der Waals surface area contributed by atoms with Gasteiger partial charge in [-0.15, -0.1) is 11.3 Å². The Morgan fingerprint density at radius 1 is 1.29 bits per heavy atom. The maximum absolute atomic E-state index is 12.7. The van der Waals surface area contributed by atoms with Crippen molar-refractivity contribution in [3.63, 3.8) is 0 Å². The van der Waals surface area contributed by atoms with Crippen LogP contribution in [0.1, 0.15) is 29.4 Å². The number of aryl methyl sites for hydroxylation is 1. The predicted octanol–water partition coefficient (Wildman–Crippen LogP) is 3.17. The van der Waals surface area contributed by atoms with Crippen molar-refractivity contribution in [2.75, 3.05) is 23.9 Å². The van der Waals surface area contributed by atoms with Crippen molar-refractivity contribution in [3.05, 3.63) is 46.6 Å². The molecule has 0 bridgehead atoms. The first kappa shape index (κ1) is 21.5. The van der Waals surface area contributed by atoms with E-state index in [1.54, 1.807) is 11.8 Å². The zero-order valence-electron chi connectivity index (χ0n) is 17.6. The fraction of sp³-hybridized carbons (Fsp3) is 0.381. The van der Waals surface area contributed by atoms with E-state index in [9.17, 15) is 13.2 Å². The Kier molecular flexibility index (Phi) is 5.85. The highest BCUT2D eigenvalue weighted by atomic mass is 32.2. The summed E-state index contributed by atoms with van der Waals surface area (Å²) in [6, 6.07) is 7.41. The van der Waals surface area contributed by atoms with Gasteiger partial charge in [-0.3, -0.25) is 9.48 Å². The lowest BCUT2D eigenvalue weighted by Gasteiger charge is -2.11. The van der Waals surface area contributed by atoms with Crippen molar-refractivity contribution in [1.82, 2.24) is 14.8 Å². The van der Waals surface area contributed by atoms with Gasteiger partial charge in [-0.1, -0.05) is 0 Å². The lowest BCUT2D eigenvalue weighted by molar-refractivity contribution is -0.115. The fourth-order valence-corrected chi connectivity index (χ4v) is 6.25. The molecule has 1 aliphatic heterocycles. The molecule has 1 aromatic carbocycles. The summed E-state index contributed by atoms with van der Waals surface area (Å²) in [5, 5.41) is 9.81. The second-order valence-corrected chi connectivity index (χ2v) is 10.7. The minimum atomic E-state index is -3.01. The molecule has 1 unspecified atom stereocenters. The van der Waals surface area contributed by atoms with Crippen LogP contribution in [0.2, 0.25) is 0 Å². The van der Waals surface area contributed by atoms with Crippen molar-refractivity contribution in [2.45, 2.75) is 32.7 Å². The van der Waals surface area contributed by atoms with E-state index in [-0.39, 0.29) is 29.9 Å². The quantitative estimate of drug-likeness (QED) is 0.606. The third kappa shape index (κ3) is 4.64. The van der Waals surface area contributed by atoms with Crippen LogP contribution in [0.25, 0.3) is 11.3 Å². The number of anilines is 1. The van der Waals surface area contributed by atoms with Crippen LogP contribution in [0, 0.1) is 13.8 Å². The van der Waals surface area contributed by atoms with Crippen molar-refractivity contribution >= 4 is 32.2 Å². The Morgan fingerprint density at radius 3 is 2.68 bits per heavy atom. The van der Waals surface area contributed by atoms with Gasteiger partial charge >= 0.3 is 0 Å². The van der Waals surface area contributed by atoms with E-state index < -0.39 is 9.84 Å². The smallest absolute Gasteiger partial charge is 0.230 e. The SMILES string of the molecule is COc1ccc(-c2csc(NC(=O)Cc3c(C)nn(C4CCS(=O)(=O)C4)c3C)n2)cc1. The Balaban J connectivity index is 1.44. The number of sulfone groups is 1. The third-order valence-electron chi connectivity index (χ3n) is 5.50. The number of carbonyl (C=O) groups is 1. The van der Waals surface area contributed by atoms with E-state index >= 15 is 0 Å². The maximum Gasteiger partial charge on any atom is 0.230 e. The van der Waals surface area contributed by atoms with Gasteiger partial charge in [0.25, 0.3) is 0 Å². The second-order valence-electron chi connectivity index (χ2n) is 7.64. The van der Waals surface area contributed by atoms with Gasteiger partial charge in [0.05, 0.1) is 42.5 Å². The molecule has 1 N–H and O–H groups in total. The number of aromatic nitrogens is 3. The molecule has 10 heteroatoms. The summed E-state index contributed by atoms with van der Waals surface area (Å²) in [6.45, 7) is 3.74. The van der Waals surface area contributed by atoms with Crippen LogP contribution < -0.4 is 10.1 Å². The molecule has 0 radical (unpaired) electrons. The van der Waals surface area contributed by atoms with Gasteiger partial charge in [-0.2, -0.15) is 5.10 Å². The van der Waals surface area contributed by atoms with Gasteiger partial charge in [0.2, 0.25) is 5.91 Å². The number of hydrogen-bond donors (Lipinski definition) is 1. The molecule has 0 spiro atoms. The number of carbonyl (C=O) groups excluding carboxylic acids is 1. The van der Waals surface area contributed by atoms with E-state index in [4.69, 9.17) is 4.74 Å². The van der Waals surface area contributed by atoms with Crippen LogP contribution in [0.4, 0.5) is 5.13 Å². The standard InChI is InChI=1S/C21H24N4O4S2/c1-13-18(14(2)25(24-13)16-8-9-31(27,28)12-16)10-20(26)23-21-22-19(11-30-21)15-4-6-17(29-3)7-5-15/h4-7,11,16H,8-10,12H2,1-3H3,(H,22,23,26). The molecule has 1 saturated heterocycles. The van der Waals surface area contributed by atoms with Crippen LogP contribution in [0.15, 0.2) is 29.6 Å². The minimum absolute atomic E-state index is 0.105. The van der Waals surface area contributed by atoms with Crippen LogP contribution in [0.3, 0.4) is 0 Å². The molecule has 1 fully saturated rings. The van der Waals surface area contributed by atoms with Crippen molar-refractivity contribution < 1.29 is 17.9 Å².